The summed E-state index contributed by atoms with van der Waals surface area (Å²) in [6.07, 6.45) is 0. The van der Waals surface area contributed by atoms with Crippen LogP contribution in [-0.4, -0.2) is 27.0 Å². The summed E-state index contributed by atoms with van der Waals surface area (Å²) in [4.78, 5) is 12.3. The number of rotatable bonds is 7. The van der Waals surface area contributed by atoms with Gasteiger partial charge in [-0.05, 0) is 56.7 Å². The van der Waals surface area contributed by atoms with Gasteiger partial charge in [0.25, 0.3) is 0 Å². The third kappa shape index (κ3) is 5.59. The minimum atomic E-state index is -4.04. The minimum absolute atomic E-state index is 0.129. The van der Waals surface area contributed by atoms with E-state index in [0.29, 0.717) is 10.7 Å². The van der Waals surface area contributed by atoms with Gasteiger partial charge in [-0.1, -0.05) is 29.3 Å². The molecule has 0 aliphatic rings. The number of halogens is 2. The highest BCUT2D eigenvalue weighted by Gasteiger charge is 2.26. The number of nitrogens with one attached hydrogen (secondary N) is 2. The van der Waals surface area contributed by atoms with Crippen molar-refractivity contribution in [3.05, 3.63) is 52.0 Å². The Labute approximate surface area is 168 Å². The Hall–Kier alpha value is -1.80. The van der Waals surface area contributed by atoms with Crippen LogP contribution >= 0.6 is 23.2 Å². The summed E-state index contributed by atoms with van der Waals surface area (Å²) in [6.45, 7) is 5.27. The molecule has 1 unspecified atom stereocenters. The van der Waals surface area contributed by atoms with Crippen molar-refractivity contribution < 1.29 is 17.9 Å². The van der Waals surface area contributed by atoms with Crippen molar-refractivity contribution in [1.82, 2.24) is 4.72 Å². The van der Waals surface area contributed by atoms with Crippen LogP contribution < -0.4 is 14.8 Å². The standard InChI is InChI=1S/C18H20Cl2N2O4S/c1-4-26-16-8-7-14(20)10-17(16)27(24,25)22-12(3)18(23)21-15-9-13(19)6-5-11(15)2/h5-10,12,22H,4H2,1-3H3,(H,21,23). The Kier molecular flexibility index (Phi) is 7.11. The van der Waals surface area contributed by atoms with Gasteiger partial charge in [-0.15, -0.1) is 0 Å². The highest BCUT2D eigenvalue weighted by Crippen LogP contribution is 2.27. The number of benzene rings is 2. The van der Waals surface area contributed by atoms with Crippen molar-refractivity contribution in [2.75, 3.05) is 11.9 Å². The first-order chi connectivity index (χ1) is 12.6. The lowest BCUT2D eigenvalue weighted by atomic mass is 10.2. The Morgan fingerprint density at radius 2 is 1.78 bits per heavy atom. The topological polar surface area (TPSA) is 84.5 Å². The second kappa shape index (κ2) is 8.93. The molecule has 1 amide bonds. The molecular weight excluding hydrogens is 411 g/mol. The van der Waals surface area contributed by atoms with Crippen LogP contribution in [0.25, 0.3) is 0 Å². The average molecular weight is 431 g/mol. The van der Waals surface area contributed by atoms with Crippen molar-refractivity contribution in [2.24, 2.45) is 0 Å². The van der Waals surface area contributed by atoms with Crippen molar-refractivity contribution in [3.63, 3.8) is 0 Å². The van der Waals surface area contributed by atoms with Crippen LogP contribution in [0.5, 0.6) is 5.75 Å². The molecule has 146 valence electrons. The number of hydrogen-bond acceptors (Lipinski definition) is 4. The van der Waals surface area contributed by atoms with E-state index >= 15 is 0 Å². The number of aryl methyl sites for hydroxylation is 1. The highest BCUT2D eigenvalue weighted by molar-refractivity contribution is 7.89. The van der Waals surface area contributed by atoms with Crippen LogP contribution in [0.1, 0.15) is 19.4 Å². The van der Waals surface area contributed by atoms with E-state index in [-0.39, 0.29) is 22.3 Å². The number of carbonyl (C=O) groups excluding carboxylic acids is 1. The molecule has 2 rings (SSSR count). The fourth-order valence-corrected chi connectivity index (χ4v) is 4.07. The first-order valence-corrected chi connectivity index (χ1v) is 10.4. The van der Waals surface area contributed by atoms with E-state index in [2.05, 4.69) is 10.0 Å². The fraction of sp³-hybridized carbons (Fsp3) is 0.278. The zero-order chi connectivity index (χ0) is 20.2. The SMILES string of the molecule is CCOc1ccc(Cl)cc1S(=O)(=O)NC(C)C(=O)Nc1cc(Cl)ccc1C. The summed E-state index contributed by atoms with van der Waals surface area (Å²) in [5, 5.41) is 3.37. The molecule has 0 heterocycles. The molecule has 0 aliphatic carbocycles. The van der Waals surface area contributed by atoms with E-state index in [9.17, 15) is 13.2 Å². The molecule has 1 atom stereocenters. The summed E-state index contributed by atoms with van der Waals surface area (Å²) >= 11 is 11.9. The van der Waals surface area contributed by atoms with Gasteiger partial charge < -0.3 is 10.1 Å². The lowest BCUT2D eigenvalue weighted by molar-refractivity contribution is -0.117. The van der Waals surface area contributed by atoms with Crippen LogP contribution in [0.3, 0.4) is 0 Å². The molecule has 0 saturated heterocycles. The second-order valence-corrected chi connectivity index (χ2v) is 8.37. The van der Waals surface area contributed by atoms with Crippen molar-refractivity contribution >= 4 is 44.8 Å². The predicted molar refractivity (Wildman–Crippen MR) is 107 cm³/mol. The summed E-state index contributed by atoms with van der Waals surface area (Å²) in [5.74, 6) is -0.364. The van der Waals surface area contributed by atoms with Crippen LogP contribution in [0.2, 0.25) is 10.0 Å². The van der Waals surface area contributed by atoms with Crippen molar-refractivity contribution in [2.45, 2.75) is 31.7 Å². The molecule has 2 aromatic carbocycles. The molecule has 0 fully saturated rings. The largest absolute Gasteiger partial charge is 0.492 e. The zero-order valence-electron chi connectivity index (χ0n) is 15.0. The molecule has 0 aliphatic heterocycles. The quantitative estimate of drug-likeness (QED) is 0.694. The van der Waals surface area contributed by atoms with Crippen LogP contribution in [-0.2, 0) is 14.8 Å². The number of sulfonamides is 1. The van der Waals surface area contributed by atoms with Crippen molar-refractivity contribution in [3.8, 4) is 5.75 Å². The van der Waals surface area contributed by atoms with E-state index in [1.54, 1.807) is 32.0 Å². The lowest BCUT2D eigenvalue weighted by Gasteiger charge is -2.17. The molecule has 9 heteroatoms. The third-order valence-corrected chi connectivity index (χ3v) is 5.71. The van der Waals surface area contributed by atoms with E-state index in [0.717, 1.165) is 5.56 Å². The van der Waals surface area contributed by atoms with Gasteiger partial charge >= 0.3 is 0 Å². The predicted octanol–water partition coefficient (Wildman–Crippen LogP) is 4.01. The summed E-state index contributed by atoms with van der Waals surface area (Å²) < 4.78 is 33.1. The Balaban J connectivity index is 2.21. The van der Waals surface area contributed by atoms with E-state index in [4.69, 9.17) is 27.9 Å². The van der Waals surface area contributed by atoms with Gasteiger partial charge in [0.15, 0.2) is 0 Å². The number of amides is 1. The Morgan fingerprint density at radius 3 is 2.44 bits per heavy atom. The molecule has 0 spiro atoms. The highest BCUT2D eigenvalue weighted by atomic mass is 35.5. The van der Waals surface area contributed by atoms with Crippen molar-refractivity contribution in [1.29, 1.82) is 0 Å². The third-order valence-electron chi connectivity index (χ3n) is 3.68. The molecule has 0 radical (unpaired) electrons. The van der Waals surface area contributed by atoms with Gasteiger partial charge in [-0.25, -0.2) is 8.42 Å². The first kappa shape index (κ1) is 21.5. The summed E-state index contributed by atoms with van der Waals surface area (Å²) in [5.41, 5.74) is 1.31. The molecular formula is C18H20Cl2N2O4S. The number of carbonyl (C=O) groups is 1. The van der Waals surface area contributed by atoms with Gasteiger partial charge in [0.2, 0.25) is 15.9 Å². The molecule has 2 N–H and O–H groups in total. The Bertz CT molecular complexity index is 948. The number of anilines is 1. The molecule has 0 bridgehead atoms. The zero-order valence-corrected chi connectivity index (χ0v) is 17.4. The maximum absolute atomic E-state index is 12.7. The normalized spacial score (nSPS) is 12.5. The molecule has 0 aromatic heterocycles. The second-order valence-electron chi connectivity index (χ2n) is 5.82. The monoisotopic (exact) mass is 430 g/mol. The lowest BCUT2D eigenvalue weighted by Crippen LogP contribution is -2.41. The fourth-order valence-electron chi connectivity index (χ4n) is 2.29. The average Bonchev–Trinajstić information content (AvgIpc) is 2.59. The van der Waals surface area contributed by atoms with Gasteiger partial charge in [-0.3, -0.25) is 4.79 Å². The van der Waals surface area contributed by atoms with Gasteiger partial charge in [0.1, 0.15) is 10.6 Å². The summed E-state index contributed by atoms with van der Waals surface area (Å²) in [6, 6.07) is 8.30. The maximum Gasteiger partial charge on any atom is 0.245 e. The van der Waals surface area contributed by atoms with Gasteiger partial charge in [-0.2, -0.15) is 4.72 Å². The smallest absolute Gasteiger partial charge is 0.245 e. The van der Waals surface area contributed by atoms with E-state index in [1.165, 1.54) is 25.1 Å². The van der Waals surface area contributed by atoms with E-state index < -0.39 is 22.0 Å². The minimum Gasteiger partial charge on any atom is -0.492 e. The van der Waals surface area contributed by atoms with E-state index in [1.807, 2.05) is 0 Å². The number of hydrogen-bond donors (Lipinski definition) is 2. The Morgan fingerprint density at radius 1 is 1.15 bits per heavy atom. The van der Waals surface area contributed by atoms with Crippen LogP contribution in [0.15, 0.2) is 41.3 Å². The first-order valence-electron chi connectivity index (χ1n) is 8.15. The molecule has 27 heavy (non-hydrogen) atoms. The molecule has 2 aromatic rings. The molecule has 6 nitrogen and oxygen atoms in total. The van der Waals surface area contributed by atoms with Crippen LogP contribution in [0.4, 0.5) is 5.69 Å². The van der Waals surface area contributed by atoms with Gasteiger partial charge in [0, 0.05) is 15.7 Å². The molecule has 0 saturated carbocycles. The maximum atomic E-state index is 12.7. The summed E-state index contributed by atoms with van der Waals surface area (Å²) in [7, 11) is -4.04. The number of ether oxygens (including phenoxy) is 1. The van der Waals surface area contributed by atoms with Crippen LogP contribution in [0, 0.1) is 6.92 Å². The van der Waals surface area contributed by atoms with Gasteiger partial charge in [0.05, 0.1) is 12.6 Å².